The first-order valence-corrected chi connectivity index (χ1v) is 6.64. The van der Waals surface area contributed by atoms with Crippen LogP contribution in [-0.4, -0.2) is 39.5 Å². The average molecular weight is 264 g/mol. The van der Waals surface area contributed by atoms with Gasteiger partial charge in [-0.1, -0.05) is 0 Å². The maximum Gasteiger partial charge on any atom is 0.163 e. The van der Waals surface area contributed by atoms with Gasteiger partial charge < -0.3 is 25.3 Å². The van der Waals surface area contributed by atoms with Gasteiger partial charge in [-0.25, -0.2) is 0 Å². The highest BCUT2D eigenvalue weighted by molar-refractivity contribution is 5.60. The van der Waals surface area contributed by atoms with Crippen molar-refractivity contribution in [3.05, 3.63) is 17.7 Å². The summed E-state index contributed by atoms with van der Waals surface area (Å²) in [6.07, 6.45) is 0. The van der Waals surface area contributed by atoms with E-state index in [0.29, 0.717) is 19.8 Å². The monoisotopic (exact) mass is 264 g/mol. The van der Waals surface area contributed by atoms with Gasteiger partial charge in [0.2, 0.25) is 0 Å². The predicted octanol–water partition coefficient (Wildman–Crippen LogP) is 1.15. The van der Waals surface area contributed by atoms with Crippen molar-refractivity contribution in [1.82, 2.24) is 0 Å². The molecule has 0 aromatic heterocycles. The number of rotatable bonds is 4. The Hall–Kier alpha value is -1.46. The van der Waals surface area contributed by atoms with Crippen LogP contribution in [0.3, 0.4) is 0 Å². The highest BCUT2D eigenvalue weighted by Crippen LogP contribution is 2.36. The lowest BCUT2D eigenvalue weighted by molar-refractivity contribution is -0.0979. The van der Waals surface area contributed by atoms with Crippen LogP contribution in [0.2, 0.25) is 0 Å². The lowest BCUT2D eigenvalue weighted by atomic mass is 9.86. The van der Waals surface area contributed by atoms with Gasteiger partial charge in [0, 0.05) is 30.3 Å². The normalized spacial score (nSPS) is 19.7. The topological polar surface area (TPSA) is 65.7 Å². The van der Waals surface area contributed by atoms with E-state index in [4.69, 9.17) is 19.9 Å². The summed E-state index contributed by atoms with van der Waals surface area (Å²) >= 11 is 0. The molecular weight excluding hydrogens is 244 g/mol. The van der Waals surface area contributed by atoms with Crippen LogP contribution in [0.4, 0.5) is 5.69 Å². The molecule has 1 aromatic rings. The molecule has 0 spiro atoms. The quantitative estimate of drug-likeness (QED) is 0.854. The van der Waals surface area contributed by atoms with Crippen LogP contribution in [0.5, 0.6) is 11.5 Å². The molecule has 1 aromatic carbocycles. The van der Waals surface area contributed by atoms with Crippen LogP contribution in [0.25, 0.3) is 0 Å². The fourth-order valence-corrected chi connectivity index (χ4v) is 2.35. The van der Waals surface area contributed by atoms with Crippen molar-refractivity contribution in [3.63, 3.8) is 0 Å². The van der Waals surface area contributed by atoms with E-state index in [0.717, 1.165) is 42.5 Å². The fraction of sp³-hybridized carbons (Fsp3) is 0.571. The van der Waals surface area contributed by atoms with Gasteiger partial charge in [-0.05, 0) is 18.6 Å². The minimum absolute atomic E-state index is 0.0830. The molecule has 2 aliphatic heterocycles. The summed E-state index contributed by atoms with van der Waals surface area (Å²) in [5.41, 5.74) is 8.12. The van der Waals surface area contributed by atoms with Gasteiger partial charge in [-0.15, -0.1) is 0 Å². The molecule has 2 heterocycles. The molecule has 0 bridgehead atoms. The standard InChI is InChI=1S/C14H20N2O3/c1-10-4-12-13(19-3-2-18-12)5-11(10)16-7-14(6-15)8-17-9-14/h4-5,16H,2-3,6-9,15H2,1H3. The van der Waals surface area contributed by atoms with Crippen molar-refractivity contribution in [2.75, 3.05) is 44.8 Å². The summed E-state index contributed by atoms with van der Waals surface area (Å²) in [6, 6.07) is 4.02. The van der Waals surface area contributed by atoms with Gasteiger partial charge in [0.25, 0.3) is 0 Å². The Balaban J connectivity index is 1.73. The number of nitrogens with two attached hydrogens (primary N) is 1. The summed E-state index contributed by atoms with van der Waals surface area (Å²) in [6.45, 7) is 6.23. The highest BCUT2D eigenvalue weighted by Gasteiger charge is 2.37. The predicted molar refractivity (Wildman–Crippen MR) is 73.0 cm³/mol. The summed E-state index contributed by atoms with van der Waals surface area (Å²) in [5, 5.41) is 3.46. The fourth-order valence-electron chi connectivity index (χ4n) is 2.35. The second-order valence-electron chi connectivity index (χ2n) is 5.36. The zero-order valence-electron chi connectivity index (χ0n) is 11.2. The van der Waals surface area contributed by atoms with Crippen molar-refractivity contribution >= 4 is 5.69 Å². The van der Waals surface area contributed by atoms with Gasteiger partial charge in [0.1, 0.15) is 13.2 Å². The van der Waals surface area contributed by atoms with Gasteiger partial charge in [-0.3, -0.25) is 0 Å². The van der Waals surface area contributed by atoms with Gasteiger partial charge in [0.05, 0.1) is 13.2 Å². The minimum atomic E-state index is 0.0830. The molecule has 2 aliphatic rings. The molecule has 3 N–H and O–H groups in total. The molecule has 3 rings (SSSR count). The molecule has 5 nitrogen and oxygen atoms in total. The van der Waals surface area contributed by atoms with Crippen molar-refractivity contribution in [1.29, 1.82) is 0 Å². The molecule has 0 saturated carbocycles. The van der Waals surface area contributed by atoms with Crippen molar-refractivity contribution in [2.45, 2.75) is 6.92 Å². The third-order valence-corrected chi connectivity index (χ3v) is 3.79. The van der Waals surface area contributed by atoms with Gasteiger partial charge >= 0.3 is 0 Å². The number of aryl methyl sites for hydroxylation is 1. The van der Waals surface area contributed by atoms with Crippen LogP contribution < -0.4 is 20.5 Å². The van der Waals surface area contributed by atoms with Crippen molar-refractivity contribution in [2.24, 2.45) is 11.1 Å². The number of hydrogen-bond acceptors (Lipinski definition) is 5. The van der Waals surface area contributed by atoms with Crippen LogP contribution in [-0.2, 0) is 4.74 Å². The maximum atomic E-state index is 5.82. The second kappa shape index (κ2) is 4.90. The summed E-state index contributed by atoms with van der Waals surface area (Å²) in [5.74, 6) is 1.64. The Morgan fingerprint density at radius 3 is 2.47 bits per heavy atom. The molecule has 1 fully saturated rings. The molecule has 0 unspecified atom stereocenters. The van der Waals surface area contributed by atoms with E-state index in [2.05, 4.69) is 12.2 Å². The number of nitrogens with one attached hydrogen (secondary N) is 1. The third-order valence-electron chi connectivity index (χ3n) is 3.79. The van der Waals surface area contributed by atoms with Gasteiger partial charge in [-0.2, -0.15) is 0 Å². The van der Waals surface area contributed by atoms with E-state index in [1.807, 2.05) is 12.1 Å². The van der Waals surface area contributed by atoms with Crippen LogP contribution in [0.15, 0.2) is 12.1 Å². The van der Waals surface area contributed by atoms with Crippen LogP contribution in [0.1, 0.15) is 5.56 Å². The Labute approximate surface area is 113 Å². The number of fused-ring (bicyclic) bond motifs is 1. The Morgan fingerprint density at radius 1 is 1.21 bits per heavy atom. The van der Waals surface area contributed by atoms with E-state index < -0.39 is 0 Å². The smallest absolute Gasteiger partial charge is 0.163 e. The second-order valence-corrected chi connectivity index (χ2v) is 5.36. The molecule has 5 heteroatoms. The molecule has 19 heavy (non-hydrogen) atoms. The molecule has 0 radical (unpaired) electrons. The largest absolute Gasteiger partial charge is 0.486 e. The Bertz CT molecular complexity index is 466. The summed E-state index contributed by atoms with van der Waals surface area (Å²) < 4.78 is 16.4. The lowest BCUT2D eigenvalue weighted by Crippen LogP contribution is -2.52. The molecular formula is C14H20N2O3. The molecule has 0 aliphatic carbocycles. The first kappa shape index (κ1) is 12.6. The van der Waals surface area contributed by atoms with Crippen molar-refractivity contribution < 1.29 is 14.2 Å². The van der Waals surface area contributed by atoms with E-state index in [1.54, 1.807) is 0 Å². The maximum absolute atomic E-state index is 5.82. The zero-order valence-corrected chi connectivity index (χ0v) is 11.2. The molecule has 1 saturated heterocycles. The van der Waals surface area contributed by atoms with Crippen LogP contribution >= 0.6 is 0 Å². The number of benzene rings is 1. The lowest BCUT2D eigenvalue weighted by Gasteiger charge is -2.40. The molecule has 104 valence electrons. The van der Waals surface area contributed by atoms with Gasteiger partial charge in [0.15, 0.2) is 11.5 Å². The summed E-state index contributed by atoms with van der Waals surface area (Å²) in [4.78, 5) is 0. The summed E-state index contributed by atoms with van der Waals surface area (Å²) in [7, 11) is 0. The van der Waals surface area contributed by atoms with E-state index >= 15 is 0 Å². The van der Waals surface area contributed by atoms with E-state index in [-0.39, 0.29) is 5.41 Å². The van der Waals surface area contributed by atoms with Crippen LogP contribution in [0, 0.1) is 12.3 Å². The number of ether oxygens (including phenoxy) is 3. The molecule has 0 amide bonds. The molecule has 0 atom stereocenters. The first-order chi connectivity index (χ1) is 9.22. The minimum Gasteiger partial charge on any atom is -0.486 e. The Morgan fingerprint density at radius 2 is 1.89 bits per heavy atom. The van der Waals surface area contributed by atoms with E-state index in [9.17, 15) is 0 Å². The Kier molecular flexibility index (Phi) is 3.24. The van der Waals surface area contributed by atoms with E-state index in [1.165, 1.54) is 0 Å². The first-order valence-electron chi connectivity index (χ1n) is 6.64. The highest BCUT2D eigenvalue weighted by atomic mass is 16.6. The average Bonchev–Trinajstić information content (AvgIpc) is 2.38. The zero-order chi connectivity index (χ0) is 13.3. The number of anilines is 1. The third kappa shape index (κ3) is 2.35. The SMILES string of the molecule is Cc1cc2c(cc1NCC1(CN)COC1)OCCO2. The number of hydrogen-bond donors (Lipinski definition) is 2. The van der Waals surface area contributed by atoms with Crippen molar-refractivity contribution in [3.8, 4) is 11.5 Å².